The number of aromatic amines is 1. The first-order valence-electron chi connectivity index (χ1n) is 8.43. The van der Waals surface area contributed by atoms with E-state index in [1.165, 1.54) is 14.2 Å². The molecular weight excluding hydrogens is 366 g/mol. The van der Waals surface area contributed by atoms with Crippen LogP contribution in [0.25, 0.3) is 6.08 Å². The van der Waals surface area contributed by atoms with Gasteiger partial charge in [-0.15, -0.1) is 0 Å². The molecule has 8 heteroatoms. The molecule has 0 unspecified atom stereocenters. The number of aromatic nitrogens is 1. The molecule has 1 N–H and O–H groups in total. The van der Waals surface area contributed by atoms with Crippen LogP contribution >= 0.6 is 0 Å². The molecule has 2 heterocycles. The van der Waals surface area contributed by atoms with Crippen molar-refractivity contribution in [1.29, 1.82) is 0 Å². The Kier molecular flexibility index (Phi) is 5.49. The molecule has 28 heavy (non-hydrogen) atoms. The summed E-state index contributed by atoms with van der Waals surface area (Å²) < 4.78 is 20.3. The third kappa shape index (κ3) is 3.62. The van der Waals surface area contributed by atoms with Crippen LogP contribution in [0.15, 0.2) is 29.8 Å². The monoisotopic (exact) mass is 385 g/mol. The van der Waals surface area contributed by atoms with E-state index in [1.54, 1.807) is 13.0 Å². The van der Waals surface area contributed by atoms with Crippen LogP contribution in [0.3, 0.4) is 0 Å². The Bertz CT molecular complexity index is 971. The van der Waals surface area contributed by atoms with E-state index in [-0.39, 0.29) is 30.2 Å². The maximum atomic E-state index is 12.4. The van der Waals surface area contributed by atoms with Crippen LogP contribution in [-0.4, -0.2) is 43.7 Å². The van der Waals surface area contributed by atoms with E-state index >= 15 is 0 Å². The number of carbonyl (C=O) groups is 3. The van der Waals surface area contributed by atoms with Crippen molar-refractivity contribution in [2.24, 2.45) is 0 Å². The number of fused-ring (bicyclic) bond motifs is 1. The average Bonchev–Trinajstić information content (AvgIpc) is 3.06. The average molecular weight is 385 g/mol. The number of carbonyl (C=O) groups excluding carboxylic acids is 3. The highest BCUT2D eigenvalue weighted by atomic mass is 16.5. The minimum Gasteiger partial charge on any atom is -0.488 e. The third-order valence-corrected chi connectivity index (χ3v) is 4.35. The number of para-hydroxylation sites is 1. The van der Waals surface area contributed by atoms with Crippen LogP contribution in [-0.2, 0) is 25.6 Å². The predicted octanol–water partition coefficient (Wildman–Crippen LogP) is 2.42. The van der Waals surface area contributed by atoms with Gasteiger partial charge in [0.1, 0.15) is 24.7 Å². The van der Waals surface area contributed by atoms with Gasteiger partial charge in [-0.3, -0.25) is 0 Å². The normalized spacial score (nSPS) is 12.3. The molecular formula is C20H19NO7. The van der Waals surface area contributed by atoms with Crippen molar-refractivity contribution in [2.75, 3.05) is 20.8 Å². The molecule has 0 fully saturated rings. The molecule has 0 radical (unpaired) electrons. The minimum absolute atomic E-state index is 0.0802. The Morgan fingerprint density at radius 2 is 1.79 bits per heavy atom. The van der Waals surface area contributed by atoms with Crippen molar-refractivity contribution < 1.29 is 33.3 Å². The van der Waals surface area contributed by atoms with Crippen molar-refractivity contribution in [3.63, 3.8) is 0 Å². The zero-order valence-electron chi connectivity index (χ0n) is 15.7. The molecule has 1 aliphatic rings. The van der Waals surface area contributed by atoms with Gasteiger partial charge in [-0.2, -0.15) is 0 Å². The van der Waals surface area contributed by atoms with Gasteiger partial charge in [-0.1, -0.05) is 18.2 Å². The van der Waals surface area contributed by atoms with Crippen LogP contribution in [0.1, 0.15) is 37.7 Å². The quantitative estimate of drug-likeness (QED) is 0.623. The SMILES string of the molecule is COC(=O)c1[nH]c(COC(=O)C2=Cc3ccccc3OC2)c(C(=O)OC)c1C. The zero-order valence-corrected chi connectivity index (χ0v) is 15.7. The molecule has 1 aromatic heterocycles. The summed E-state index contributed by atoms with van der Waals surface area (Å²) in [6.07, 6.45) is 1.70. The minimum atomic E-state index is -0.649. The number of benzene rings is 1. The third-order valence-electron chi connectivity index (χ3n) is 4.35. The van der Waals surface area contributed by atoms with Gasteiger partial charge < -0.3 is 23.9 Å². The second kappa shape index (κ2) is 7.99. The van der Waals surface area contributed by atoms with Gasteiger partial charge in [-0.25, -0.2) is 14.4 Å². The lowest BCUT2D eigenvalue weighted by Crippen LogP contribution is -2.18. The molecule has 0 atom stereocenters. The van der Waals surface area contributed by atoms with Gasteiger partial charge >= 0.3 is 17.9 Å². The molecule has 1 aliphatic heterocycles. The maximum absolute atomic E-state index is 12.4. The van der Waals surface area contributed by atoms with E-state index in [4.69, 9.17) is 18.9 Å². The van der Waals surface area contributed by atoms with Crippen molar-refractivity contribution in [3.05, 3.63) is 57.9 Å². The van der Waals surface area contributed by atoms with Crippen LogP contribution in [0, 0.1) is 6.92 Å². The topological polar surface area (TPSA) is 104 Å². The van der Waals surface area contributed by atoms with Gasteiger partial charge in [0, 0.05) is 5.56 Å². The Labute approximate surface area is 161 Å². The van der Waals surface area contributed by atoms with E-state index < -0.39 is 17.9 Å². The number of hydrogen-bond acceptors (Lipinski definition) is 7. The molecule has 0 bridgehead atoms. The smallest absolute Gasteiger partial charge is 0.354 e. The standard InChI is InChI=1S/C20H19NO7/c1-11-16(19(23)25-2)14(21-17(11)20(24)26-3)10-28-18(22)13-8-12-6-4-5-7-15(12)27-9-13/h4-8,21H,9-10H2,1-3H3. The zero-order chi connectivity index (χ0) is 20.3. The molecule has 0 spiro atoms. The summed E-state index contributed by atoms with van der Waals surface area (Å²) in [5.41, 5.74) is 1.96. The lowest BCUT2D eigenvalue weighted by atomic mass is 10.1. The van der Waals surface area contributed by atoms with Crippen molar-refractivity contribution >= 4 is 24.0 Å². The Balaban J connectivity index is 1.81. The largest absolute Gasteiger partial charge is 0.488 e. The maximum Gasteiger partial charge on any atom is 0.354 e. The first kappa shape index (κ1) is 19.2. The first-order valence-corrected chi connectivity index (χ1v) is 8.43. The number of ether oxygens (including phenoxy) is 4. The highest BCUT2D eigenvalue weighted by molar-refractivity contribution is 5.99. The molecule has 0 amide bonds. The van der Waals surface area contributed by atoms with E-state index in [1.807, 2.05) is 24.3 Å². The van der Waals surface area contributed by atoms with Crippen molar-refractivity contribution in [3.8, 4) is 5.75 Å². The van der Waals surface area contributed by atoms with Crippen LogP contribution in [0.2, 0.25) is 0 Å². The van der Waals surface area contributed by atoms with E-state index in [2.05, 4.69) is 4.98 Å². The number of rotatable bonds is 5. The Morgan fingerprint density at radius 1 is 1.07 bits per heavy atom. The van der Waals surface area contributed by atoms with E-state index in [0.717, 1.165) is 5.56 Å². The lowest BCUT2D eigenvalue weighted by Gasteiger charge is -2.17. The van der Waals surface area contributed by atoms with E-state index in [0.29, 0.717) is 16.9 Å². The van der Waals surface area contributed by atoms with Gasteiger partial charge in [0.15, 0.2) is 0 Å². The lowest BCUT2D eigenvalue weighted by molar-refractivity contribution is -0.140. The summed E-state index contributed by atoms with van der Waals surface area (Å²) in [4.78, 5) is 39.2. The van der Waals surface area contributed by atoms with Crippen LogP contribution < -0.4 is 4.74 Å². The number of hydrogen-bond donors (Lipinski definition) is 1. The first-order chi connectivity index (χ1) is 13.5. The highest BCUT2D eigenvalue weighted by Gasteiger charge is 2.26. The second-order valence-corrected chi connectivity index (χ2v) is 6.03. The number of esters is 3. The highest BCUT2D eigenvalue weighted by Crippen LogP contribution is 2.27. The van der Waals surface area contributed by atoms with Crippen LogP contribution in [0.5, 0.6) is 5.75 Å². The number of methoxy groups -OCH3 is 2. The van der Waals surface area contributed by atoms with Gasteiger partial charge in [-0.05, 0) is 24.6 Å². The van der Waals surface area contributed by atoms with Crippen molar-refractivity contribution in [2.45, 2.75) is 13.5 Å². The van der Waals surface area contributed by atoms with Gasteiger partial charge in [0.25, 0.3) is 0 Å². The van der Waals surface area contributed by atoms with E-state index in [9.17, 15) is 14.4 Å². The fraction of sp³-hybridized carbons (Fsp3) is 0.250. The molecule has 8 nitrogen and oxygen atoms in total. The fourth-order valence-electron chi connectivity index (χ4n) is 2.92. The Hall–Kier alpha value is -3.55. The molecule has 0 aliphatic carbocycles. The summed E-state index contributed by atoms with van der Waals surface area (Å²) in [6.45, 7) is 1.41. The summed E-state index contributed by atoms with van der Waals surface area (Å²) in [5.74, 6) is -1.18. The van der Waals surface area contributed by atoms with Gasteiger partial charge in [0.05, 0.1) is 31.1 Å². The molecule has 0 saturated heterocycles. The van der Waals surface area contributed by atoms with Crippen LogP contribution in [0.4, 0.5) is 0 Å². The number of nitrogens with one attached hydrogen (secondary N) is 1. The number of H-pyrrole nitrogens is 1. The summed E-state index contributed by atoms with van der Waals surface area (Å²) in [5, 5.41) is 0. The molecule has 0 saturated carbocycles. The molecule has 3 rings (SSSR count). The summed E-state index contributed by atoms with van der Waals surface area (Å²) in [6, 6.07) is 7.32. The molecule has 2 aromatic rings. The molecule has 146 valence electrons. The van der Waals surface area contributed by atoms with Gasteiger partial charge in [0.2, 0.25) is 0 Å². The fourth-order valence-corrected chi connectivity index (χ4v) is 2.92. The Morgan fingerprint density at radius 3 is 2.50 bits per heavy atom. The van der Waals surface area contributed by atoms with Crippen molar-refractivity contribution in [1.82, 2.24) is 4.98 Å². The molecule has 1 aromatic carbocycles. The predicted molar refractivity (Wildman–Crippen MR) is 97.9 cm³/mol. The second-order valence-electron chi connectivity index (χ2n) is 6.03. The summed E-state index contributed by atoms with van der Waals surface area (Å²) in [7, 11) is 2.46. The summed E-state index contributed by atoms with van der Waals surface area (Å²) >= 11 is 0.